The molecule has 0 heterocycles. The van der Waals surface area contributed by atoms with Crippen molar-refractivity contribution in [3.63, 3.8) is 0 Å². The number of nitrogens with one attached hydrogen (secondary N) is 1. The van der Waals surface area contributed by atoms with Crippen molar-refractivity contribution in [3.05, 3.63) is 35.1 Å². The van der Waals surface area contributed by atoms with Gasteiger partial charge in [-0.3, -0.25) is 4.79 Å². The monoisotopic (exact) mass is 295 g/mol. The molecule has 0 saturated carbocycles. The summed E-state index contributed by atoms with van der Waals surface area (Å²) in [5, 5.41) is 11.9. The van der Waals surface area contributed by atoms with Gasteiger partial charge in [0.15, 0.2) is 0 Å². The number of amides is 1. The van der Waals surface area contributed by atoms with Crippen LogP contribution in [0.25, 0.3) is 0 Å². The quantitative estimate of drug-likeness (QED) is 0.817. The minimum absolute atomic E-state index is 0.197. The van der Waals surface area contributed by atoms with E-state index in [1.165, 1.54) is 12.1 Å². The van der Waals surface area contributed by atoms with Crippen LogP contribution in [0.2, 0.25) is 0 Å². The average Bonchev–Trinajstić information content (AvgIpc) is 2.45. The number of benzene rings is 1. The summed E-state index contributed by atoms with van der Waals surface area (Å²) in [6.45, 7) is 2.31. The number of thioether (sulfide) groups is 1. The molecule has 0 saturated heterocycles. The molecule has 1 aromatic rings. The molecule has 0 radical (unpaired) electrons. The standard InChI is InChI=1S/C15H18FNO2S/c1-11(20-2)7-8-17-15(19)14-10-13(16)6-5-12(14)4-3-9-18/h5-6,10-11,18H,7-9H2,1-2H3,(H,17,19). The van der Waals surface area contributed by atoms with E-state index in [0.717, 1.165) is 12.5 Å². The number of hydrogen-bond acceptors (Lipinski definition) is 3. The Morgan fingerprint density at radius 3 is 2.95 bits per heavy atom. The van der Waals surface area contributed by atoms with Gasteiger partial charge in [0, 0.05) is 17.4 Å². The van der Waals surface area contributed by atoms with E-state index in [0.29, 0.717) is 17.4 Å². The molecule has 2 N–H and O–H groups in total. The third kappa shape index (κ3) is 5.24. The fourth-order valence-electron chi connectivity index (χ4n) is 1.55. The Morgan fingerprint density at radius 2 is 2.30 bits per heavy atom. The maximum absolute atomic E-state index is 13.3. The number of carbonyl (C=O) groups excluding carboxylic acids is 1. The Bertz CT molecular complexity index is 522. The van der Waals surface area contributed by atoms with Crippen LogP contribution >= 0.6 is 11.8 Å². The molecule has 0 aliphatic heterocycles. The highest BCUT2D eigenvalue weighted by Gasteiger charge is 2.11. The Hall–Kier alpha value is -1.51. The molecule has 20 heavy (non-hydrogen) atoms. The maximum atomic E-state index is 13.3. The van der Waals surface area contributed by atoms with Gasteiger partial charge in [-0.25, -0.2) is 4.39 Å². The van der Waals surface area contributed by atoms with E-state index in [9.17, 15) is 9.18 Å². The van der Waals surface area contributed by atoms with Crippen LogP contribution in [0.5, 0.6) is 0 Å². The molecule has 0 aliphatic rings. The lowest BCUT2D eigenvalue weighted by molar-refractivity contribution is 0.0952. The van der Waals surface area contributed by atoms with Crippen molar-refractivity contribution in [2.75, 3.05) is 19.4 Å². The average molecular weight is 295 g/mol. The molecule has 1 unspecified atom stereocenters. The smallest absolute Gasteiger partial charge is 0.252 e. The lowest BCUT2D eigenvalue weighted by Gasteiger charge is -2.10. The first-order chi connectivity index (χ1) is 9.58. The molecule has 1 rings (SSSR count). The third-order valence-corrected chi connectivity index (χ3v) is 3.81. The number of aliphatic hydroxyl groups is 1. The molecular formula is C15H18FNO2S. The third-order valence-electron chi connectivity index (χ3n) is 2.77. The second kappa shape index (κ2) is 8.62. The molecule has 0 spiro atoms. The normalized spacial score (nSPS) is 11.4. The summed E-state index contributed by atoms with van der Waals surface area (Å²) in [6.07, 6.45) is 2.86. The van der Waals surface area contributed by atoms with Crippen molar-refractivity contribution in [3.8, 4) is 11.8 Å². The Balaban J connectivity index is 2.78. The molecule has 0 aliphatic carbocycles. The van der Waals surface area contributed by atoms with Gasteiger partial charge < -0.3 is 10.4 Å². The summed E-state index contributed by atoms with van der Waals surface area (Å²) in [5.74, 6) is 4.28. The number of hydrogen-bond donors (Lipinski definition) is 2. The molecule has 3 nitrogen and oxygen atoms in total. The topological polar surface area (TPSA) is 49.3 Å². The van der Waals surface area contributed by atoms with E-state index in [4.69, 9.17) is 5.11 Å². The maximum Gasteiger partial charge on any atom is 0.252 e. The predicted molar refractivity (Wildman–Crippen MR) is 80.3 cm³/mol. The van der Waals surface area contributed by atoms with Gasteiger partial charge >= 0.3 is 0 Å². The van der Waals surface area contributed by atoms with Crippen LogP contribution in [0, 0.1) is 17.7 Å². The Labute approximate surface area is 123 Å². The fourth-order valence-corrected chi connectivity index (χ4v) is 1.90. The molecule has 1 atom stereocenters. The van der Waals surface area contributed by atoms with E-state index in [2.05, 4.69) is 24.1 Å². The molecule has 108 valence electrons. The zero-order valence-corrected chi connectivity index (χ0v) is 12.4. The lowest BCUT2D eigenvalue weighted by atomic mass is 10.1. The van der Waals surface area contributed by atoms with Gasteiger partial charge in [0.2, 0.25) is 0 Å². The molecule has 1 aromatic carbocycles. The minimum atomic E-state index is -0.484. The fraction of sp³-hybridized carbons (Fsp3) is 0.400. The van der Waals surface area contributed by atoms with Gasteiger partial charge in [-0.15, -0.1) is 0 Å². The van der Waals surface area contributed by atoms with Crippen molar-refractivity contribution in [2.24, 2.45) is 0 Å². The number of aliphatic hydroxyl groups excluding tert-OH is 1. The van der Waals surface area contributed by atoms with E-state index in [-0.39, 0.29) is 18.1 Å². The van der Waals surface area contributed by atoms with Crippen LogP contribution in [0.3, 0.4) is 0 Å². The Kier molecular flexibility index (Phi) is 7.13. The number of carbonyl (C=O) groups is 1. The Morgan fingerprint density at radius 1 is 1.55 bits per heavy atom. The summed E-state index contributed by atoms with van der Waals surface area (Å²) in [7, 11) is 0. The largest absolute Gasteiger partial charge is 0.384 e. The van der Waals surface area contributed by atoms with Crippen LogP contribution < -0.4 is 5.32 Å². The van der Waals surface area contributed by atoms with Gasteiger partial charge in [0.1, 0.15) is 12.4 Å². The highest BCUT2D eigenvalue weighted by Crippen LogP contribution is 2.11. The van der Waals surface area contributed by atoms with E-state index in [1.807, 2.05) is 6.26 Å². The van der Waals surface area contributed by atoms with Crippen molar-refractivity contribution < 1.29 is 14.3 Å². The predicted octanol–water partition coefficient (Wildman–Crippen LogP) is 2.04. The van der Waals surface area contributed by atoms with Gasteiger partial charge in [-0.05, 0) is 30.9 Å². The van der Waals surface area contributed by atoms with Crippen molar-refractivity contribution in [1.29, 1.82) is 0 Å². The summed E-state index contributed by atoms with van der Waals surface area (Å²) < 4.78 is 13.3. The molecule has 0 bridgehead atoms. The molecule has 0 aromatic heterocycles. The first kappa shape index (κ1) is 16.5. The highest BCUT2D eigenvalue weighted by atomic mass is 32.2. The first-order valence-electron chi connectivity index (χ1n) is 6.28. The first-order valence-corrected chi connectivity index (χ1v) is 7.57. The van der Waals surface area contributed by atoms with Crippen LogP contribution in [0.4, 0.5) is 4.39 Å². The van der Waals surface area contributed by atoms with E-state index in [1.54, 1.807) is 11.8 Å². The number of halogens is 1. The molecular weight excluding hydrogens is 277 g/mol. The zero-order chi connectivity index (χ0) is 15.0. The van der Waals surface area contributed by atoms with Gasteiger partial charge in [0.05, 0.1) is 5.56 Å². The van der Waals surface area contributed by atoms with Gasteiger partial charge in [0.25, 0.3) is 5.91 Å². The lowest BCUT2D eigenvalue weighted by Crippen LogP contribution is -2.26. The second-order valence-corrected chi connectivity index (χ2v) is 5.52. The zero-order valence-electron chi connectivity index (χ0n) is 11.6. The number of rotatable bonds is 5. The van der Waals surface area contributed by atoms with Crippen LogP contribution in [-0.4, -0.2) is 35.7 Å². The molecule has 0 fully saturated rings. The summed E-state index contributed by atoms with van der Waals surface area (Å²) in [4.78, 5) is 12.0. The van der Waals surface area contributed by atoms with Crippen molar-refractivity contribution in [1.82, 2.24) is 5.32 Å². The van der Waals surface area contributed by atoms with Crippen LogP contribution in [0.1, 0.15) is 29.3 Å². The van der Waals surface area contributed by atoms with E-state index >= 15 is 0 Å². The van der Waals surface area contributed by atoms with Crippen LogP contribution in [0.15, 0.2) is 18.2 Å². The molecule has 5 heteroatoms. The van der Waals surface area contributed by atoms with Gasteiger partial charge in [-0.2, -0.15) is 11.8 Å². The summed E-state index contributed by atoms with van der Waals surface area (Å²) in [5.41, 5.74) is 0.610. The minimum Gasteiger partial charge on any atom is -0.384 e. The van der Waals surface area contributed by atoms with Gasteiger partial charge in [-0.1, -0.05) is 18.8 Å². The second-order valence-electron chi connectivity index (χ2n) is 4.24. The summed E-state index contributed by atoms with van der Waals surface area (Å²) in [6, 6.07) is 3.85. The highest BCUT2D eigenvalue weighted by molar-refractivity contribution is 7.99. The SMILES string of the molecule is CSC(C)CCNC(=O)c1cc(F)ccc1C#CCO. The summed E-state index contributed by atoms with van der Waals surface area (Å²) >= 11 is 1.73. The molecule has 1 amide bonds. The van der Waals surface area contributed by atoms with Crippen LogP contribution in [-0.2, 0) is 0 Å². The van der Waals surface area contributed by atoms with E-state index < -0.39 is 5.82 Å². The van der Waals surface area contributed by atoms with Crippen molar-refractivity contribution >= 4 is 17.7 Å². The van der Waals surface area contributed by atoms with Crippen molar-refractivity contribution in [2.45, 2.75) is 18.6 Å².